The van der Waals surface area contributed by atoms with Crippen LogP contribution in [0.4, 0.5) is 0 Å². The molecular weight excluding hydrogens is 410 g/mol. The van der Waals surface area contributed by atoms with Gasteiger partial charge in [-0.05, 0) is 29.7 Å². The first-order valence-electron chi connectivity index (χ1n) is 11.6. The number of nitrogens with zero attached hydrogens (tertiary/aromatic N) is 1. The largest absolute Gasteiger partial charge is 0.484 e. The summed E-state index contributed by atoms with van der Waals surface area (Å²) in [7, 11) is 0. The molecule has 0 bridgehead atoms. The van der Waals surface area contributed by atoms with Crippen molar-refractivity contribution in [2.45, 2.75) is 25.5 Å². The Kier molecular flexibility index (Phi) is 6.40. The summed E-state index contributed by atoms with van der Waals surface area (Å²) >= 11 is 0. The van der Waals surface area contributed by atoms with Crippen LogP contribution in [-0.4, -0.2) is 35.4 Å². The monoisotopic (exact) mass is 439 g/mol. The number of fused-ring (bicyclic) bond motifs is 2. The van der Waals surface area contributed by atoms with E-state index in [4.69, 9.17) is 4.74 Å². The van der Waals surface area contributed by atoms with E-state index >= 15 is 0 Å². The highest BCUT2D eigenvalue weighted by Gasteiger charge is 2.24. The molecule has 2 heterocycles. The topological polar surface area (TPSA) is 57.4 Å². The van der Waals surface area contributed by atoms with Crippen molar-refractivity contribution in [2.75, 3.05) is 19.6 Å². The van der Waals surface area contributed by atoms with Gasteiger partial charge in [-0.15, -0.1) is 0 Å². The van der Waals surface area contributed by atoms with E-state index in [1.807, 2.05) is 54.7 Å². The fourth-order valence-electron chi connectivity index (χ4n) is 4.51. The Hall–Kier alpha value is -3.57. The summed E-state index contributed by atoms with van der Waals surface area (Å²) < 4.78 is 6.38. The Labute approximate surface area is 194 Å². The number of aromatic nitrogens is 1. The summed E-state index contributed by atoms with van der Waals surface area (Å²) in [6, 6.07) is 26.8. The van der Waals surface area contributed by atoms with Crippen LogP contribution in [0, 0.1) is 0 Å². The molecule has 1 atom stereocenters. The van der Waals surface area contributed by atoms with Crippen molar-refractivity contribution in [1.82, 2.24) is 15.2 Å². The Bertz CT molecular complexity index is 1220. The number of hydrogen-bond acceptors (Lipinski definition) is 3. The van der Waals surface area contributed by atoms with Gasteiger partial charge in [0.2, 0.25) is 5.91 Å². The highest BCUT2D eigenvalue weighted by atomic mass is 16.5. The molecule has 1 amide bonds. The van der Waals surface area contributed by atoms with Gasteiger partial charge in [0.05, 0.1) is 0 Å². The standard InChI is InChI=1S/C28H29N3O2/c32-28(29-16-14-22-18-30-25-12-6-5-11-24(22)25)15-17-31-19-23-10-4-7-13-26(23)33-27(20-31)21-8-2-1-3-9-21/h1-13,18,27,30H,14-17,19-20H2,(H,29,32)/t27-/m0/s1. The summed E-state index contributed by atoms with van der Waals surface area (Å²) in [5.41, 5.74) is 4.69. The van der Waals surface area contributed by atoms with Crippen LogP contribution in [0.15, 0.2) is 85.1 Å². The first-order chi connectivity index (χ1) is 16.3. The molecule has 0 radical (unpaired) electrons. The fraction of sp³-hybridized carbons (Fsp3) is 0.250. The lowest BCUT2D eigenvalue weighted by Crippen LogP contribution is -2.33. The van der Waals surface area contributed by atoms with Gasteiger partial charge in [0.15, 0.2) is 0 Å². The molecule has 5 nitrogen and oxygen atoms in total. The predicted molar refractivity (Wildman–Crippen MR) is 131 cm³/mol. The average molecular weight is 440 g/mol. The smallest absolute Gasteiger partial charge is 0.221 e. The first-order valence-corrected chi connectivity index (χ1v) is 11.6. The third-order valence-electron chi connectivity index (χ3n) is 6.28. The van der Waals surface area contributed by atoms with Gasteiger partial charge in [-0.25, -0.2) is 0 Å². The number of aromatic amines is 1. The Morgan fingerprint density at radius 3 is 2.70 bits per heavy atom. The maximum atomic E-state index is 12.6. The molecule has 0 saturated carbocycles. The van der Waals surface area contributed by atoms with Gasteiger partial charge >= 0.3 is 0 Å². The van der Waals surface area contributed by atoms with E-state index in [-0.39, 0.29) is 12.0 Å². The Balaban J connectivity index is 1.18. The van der Waals surface area contributed by atoms with E-state index in [9.17, 15) is 4.79 Å². The van der Waals surface area contributed by atoms with Crippen molar-refractivity contribution in [3.8, 4) is 5.75 Å². The molecule has 1 aliphatic rings. The molecule has 1 aliphatic heterocycles. The lowest BCUT2D eigenvalue weighted by atomic mass is 10.1. The summed E-state index contributed by atoms with van der Waals surface area (Å²) in [5, 5.41) is 4.32. The molecule has 5 rings (SSSR count). The number of amides is 1. The maximum absolute atomic E-state index is 12.6. The van der Waals surface area contributed by atoms with E-state index < -0.39 is 0 Å². The van der Waals surface area contributed by atoms with E-state index in [0.717, 1.165) is 41.9 Å². The van der Waals surface area contributed by atoms with Gasteiger partial charge in [0.1, 0.15) is 11.9 Å². The molecule has 4 aromatic rings. The quantitative estimate of drug-likeness (QED) is 0.433. The Morgan fingerprint density at radius 2 is 1.79 bits per heavy atom. The zero-order chi connectivity index (χ0) is 22.5. The molecule has 0 fully saturated rings. The van der Waals surface area contributed by atoms with Gasteiger partial charge in [-0.2, -0.15) is 0 Å². The third-order valence-corrected chi connectivity index (χ3v) is 6.28. The molecule has 2 N–H and O–H groups in total. The van der Waals surface area contributed by atoms with Crippen LogP contribution < -0.4 is 10.1 Å². The van der Waals surface area contributed by atoms with E-state index in [2.05, 4.69) is 45.5 Å². The minimum atomic E-state index is -0.0558. The minimum Gasteiger partial charge on any atom is -0.484 e. The van der Waals surface area contributed by atoms with Gasteiger partial charge in [-0.3, -0.25) is 9.69 Å². The molecule has 0 spiro atoms. The minimum absolute atomic E-state index is 0.0558. The molecule has 0 saturated heterocycles. The molecular formula is C28H29N3O2. The highest BCUT2D eigenvalue weighted by Crippen LogP contribution is 2.31. The van der Waals surface area contributed by atoms with Gasteiger partial charge < -0.3 is 15.0 Å². The van der Waals surface area contributed by atoms with E-state index in [0.29, 0.717) is 19.5 Å². The molecule has 5 heteroatoms. The molecule has 3 aromatic carbocycles. The number of benzene rings is 3. The lowest BCUT2D eigenvalue weighted by Gasteiger charge is -2.24. The molecule has 0 unspecified atom stereocenters. The van der Waals surface area contributed by atoms with Crippen LogP contribution in [0.25, 0.3) is 10.9 Å². The maximum Gasteiger partial charge on any atom is 0.221 e. The van der Waals surface area contributed by atoms with Crippen LogP contribution in [0.2, 0.25) is 0 Å². The number of ether oxygens (including phenoxy) is 1. The second-order valence-corrected chi connectivity index (χ2v) is 8.57. The highest BCUT2D eigenvalue weighted by molar-refractivity contribution is 5.83. The van der Waals surface area contributed by atoms with Gasteiger partial charge in [-0.1, -0.05) is 66.7 Å². The number of carbonyl (C=O) groups is 1. The number of para-hydroxylation sites is 2. The number of rotatable bonds is 7. The van der Waals surface area contributed by atoms with E-state index in [1.54, 1.807) is 0 Å². The van der Waals surface area contributed by atoms with Crippen LogP contribution in [0.1, 0.15) is 29.2 Å². The van der Waals surface area contributed by atoms with Crippen molar-refractivity contribution in [3.05, 3.63) is 102 Å². The predicted octanol–water partition coefficient (Wildman–Crippen LogP) is 4.85. The van der Waals surface area contributed by atoms with Crippen LogP contribution in [0.5, 0.6) is 5.75 Å². The number of hydrogen-bond donors (Lipinski definition) is 2. The summed E-state index contributed by atoms with van der Waals surface area (Å²) in [5.74, 6) is 1.02. The summed E-state index contributed by atoms with van der Waals surface area (Å²) in [4.78, 5) is 18.2. The van der Waals surface area contributed by atoms with Crippen LogP contribution >= 0.6 is 0 Å². The zero-order valence-corrected chi connectivity index (χ0v) is 18.7. The van der Waals surface area contributed by atoms with Crippen molar-refractivity contribution in [1.29, 1.82) is 0 Å². The van der Waals surface area contributed by atoms with E-state index in [1.165, 1.54) is 10.9 Å². The fourth-order valence-corrected chi connectivity index (χ4v) is 4.51. The molecule has 168 valence electrons. The second-order valence-electron chi connectivity index (χ2n) is 8.57. The van der Waals surface area contributed by atoms with Crippen LogP contribution in [0.3, 0.4) is 0 Å². The Morgan fingerprint density at radius 1 is 1.00 bits per heavy atom. The summed E-state index contributed by atoms with van der Waals surface area (Å²) in [6.45, 7) is 2.86. The second kappa shape index (κ2) is 9.92. The SMILES string of the molecule is O=C(CCN1Cc2ccccc2O[C@H](c2ccccc2)C1)NCCc1c[nH]c2ccccc12. The number of H-pyrrole nitrogens is 1. The van der Waals surface area contributed by atoms with Crippen LogP contribution in [-0.2, 0) is 17.8 Å². The van der Waals surface area contributed by atoms with Gasteiger partial charge in [0, 0.05) is 55.3 Å². The first kappa shape index (κ1) is 21.3. The average Bonchev–Trinajstić information content (AvgIpc) is 3.16. The lowest BCUT2D eigenvalue weighted by molar-refractivity contribution is -0.121. The zero-order valence-electron chi connectivity index (χ0n) is 18.7. The van der Waals surface area contributed by atoms with Crippen molar-refractivity contribution in [3.63, 3.8) is 0 Å². The van der Waals surface area contributed by atoms with Crippen molar-refractivity contribution < 1.29 is 9.53 Å². The number of carbonyl (C=O) groups excluding carboxylic acids is 1. The van der Waals surface area contributed by atoms with Gasteiger partial charge in [0.25, 0.3) is 0 Å². The molecule has 1 aromatic heterocycles. The molecule has 0 aliphatic carbocycles. The number of nitrogens with one attached hydrogen (secondary N) is 2. The normalized spacial score (nSPS) is 16.1. The van der Waals surface area contributed by atoms with Crippen molar-refractivity contribution >= 4 is 16.8 Å². The third kappa shape index (κ3) is 5.10. The molecule has 33 heavy (non-hydrogen) atoms. The summed E-state index contributed by atoms with van der Waals surface area (Å²) in [6.07, 6.45) is 3.27. The van der Waals surface area contributed by atoms with Crippen molar-refractivity contribution in [2.24, 2.45) is 0 Å².